The van der Waals surface area contributed by atoms with Crippen LogP contribution in [0.4, 0.5) is 5.95 Å². The first-order chi connectivity index (χ1) is 13.5. The molecule has 0 aliphatic heterocycles. The molecule has 144 valence electrons. The molecule has 9 nitrogen and oxygen atoms in total. The highest BCUT2D eigenvalue weighted by Crippen LogP contribution is 2.24. The third-order valence-electron chi connectivity index (χ3n) is 4.43. The number of imidazole rings is 2. The molecule has 0 aliphatic rings. The third kappa shape index (κ3) is 3.50. The quantitative estimate of drug-likeness (QED) is 0.421. The lowest BCUT2D eigenvalue weighted by atomic mass is 10.2. The number of fused-ring (bicyclic) bond motifs is 1. The number of rotatable bonds is 6. The summed E-state index contributed by atoms with van der Waals surface area (Å²) in [5.41, 5.74) is 3.55. The summed E-state index contributed by atoms with van der Waals surface area (Å²) in [5, 5.41) is 3.15. The zero-order valence-electron chi connectivity index (χ0n) is 15.3. The molecule has 0 atom stereocenters. The van der Waals surface area contributed by atoms with Crippen molar-refractivity contribution in [1.82, 2.24) is 29.5 Å². The second kappa shape index (κ2) is 7.47. The summed E-state index contributed by atoms with van der Waals surface area (Å²) in [6.07, 6.45) is 3.24. The zero-order valence-corrected chi connectivity index (χ0v) is 16.9. The number of halogens is 1. The van der Waals surface area contributed by atoms with E-state index in [9.17, 15) is 4.79 Å². The lowest BCUT2D eigenvalue weighted by molar-refractivity contribution is 0.408. The fourth-order valence-corrected chi connectivity index (χ4v) is 3.36. The minimum atomic E-state index is -0.258. The second-order valence-corrected chi connectivity index (χ2v) is 7.15. The van der Waals surface area contributed by atoms with E-state index in [-0.39, 0.29) is 5.69 Å². The van der Waals surface area contributed by atoms with E-state index >= 15 is 0 Å². The molecule has 0 aliphatic carbocycles. The molecule has 3 heterocycles. The lowest BCUT2D eigenvalue weighted by Gasteiger charge is -2.10. The molecule has 0 saturated heterocycles. The van der Waals surface area contributed by atoms with Crippen molar-refractivity contribution < 1.29 is 4.74 Å². The number of ether oxygens (including phenoxy) is 1. The molecule has 3 aromatic heterocycles. The Morgan fingerprint density at radius 3 is 2.93 bits per heavy atom. The lowest BCUT2D eigenvalue weighted by Crippen LogP contribution is -2.18. The number of benzene rings is 1. The number of H-pyrrole nitrogens is 2. The van der Waals surface area contributed by atoms with Crippen LogP contribution < -0.4 is 15.7 Å². The van der Waals surface area contributed by atoms with Gasteiger partial charge in [-0.1, -0.05) is 15.9 Å². The number of anilines is 1. The highest BCUT2D eigenvalue weighted by atomic mass is 79.9. The van der Waals surface area contributed by atoms with Gasteiger partial charge in [0.1, 0.15) is 11.3 Å². The van der Waals surface area contributed by atoms with Gasteiger partial charge in [0.15, 0.2) is 5.65 Å². The largest absolute Gasteiger partial charge is 0.496 e. The first-order valence-electron chi connectivity index (χ1n) is 8.56. The maximum Gasteiger partial charge on any atom is 0.328 e. The first-order valence-corrected chi connectivity index (χ1v) is 9.35. The van der Waals surface area contributed by atoms with E-state index in [0.717, 1.165) is 21.4 Å². The molecule has 0 saturated carbocycles. The molecular formula is C18H18BrN7O2. The SMILES string of the molecule is COc1ccc(Br)cc1Cn1c(=O)[nH]c2cnc(NCc3nc[nH]c3C)nc21. The Hall–Kier alpha value is -3.14. The fourth-order valence-electron chi connectivity index (χ4n) is 2.95. The number of hydrogen-bond acceptors (Lipinski definition) is 6. The summed E-state index contributed by atoms with van der Waals surface area (Å²) >= 11 is 3.46. The summed E-state index contributed by atoms with van der Waals surface area (Å²) in [4.78, 5) is 31.3. The number of hydrogen-bond donors (Lipinski definition) is 3. The Bertz CT molecular complexity index is 1190. The molecule has 1 aromatic carbocycles. The van der Waals surface area contributed by atoms with Crippen molar-refractivity contribution in [2.24, 2.45) is 0 Å². The molecule has 28 heavy (non-hydrogen) atoms. The molecular weight excluding hydrogens is 426 g/mol. The number of nitrogens with one attached hydrogen (secondary N) is 3. The van der Waals surface area contributed by atoms with Gasteiger partial charge >= 0.3 is 5.69 Å². The summed E-state index contributed by atoms with van der Waals surface area (Å²) in [5.74, 6) is 1.12. The average molecular weight is 444 g/mol. The van der Waals surface area contributed by atoms with Crippen LogP contribution in [0.1, 0.15) is 17.0 Å². The Kier molecular flexibility index (Phi) is 4.86. The first kappa shape index (κ1) is 18.2. The van der Waals surface area contributed by atoms with Crippen LogP contribution in [-0.4, -0.2) is 36.6 Å². The van der Waals surface area contributed by atoms with Crippen LogP contribution in [0, 0.1) is 6.92 Å². The van der Waals surface area contributed by atoms with Crippen molar-refractivity contribution in [3.8, 4) is 5.75 Å². The van der Waals surface area contributed by atoms with Crippen LogP contribution in [0.15, 0.2) is 40.0 Å². The minimum absolute atomic E-state index is 0.258. The standard InChI is InChI=1S/C18H18BrN7O2/c1-10-13(23-9-22-10)6-20-17-21-7-14-16(25-17)26(18(27)24-14)8-11-5-12(19)3-4-15(11)28-2/h3-5,7,9H,6,8H2,1-2H3,(H,22,23)(H,24,27)(H,20,21,25). The van der Waals surface area contributed by atoms with E-state index in [1.54, 1.807) is 24.2 Å². The van der Waals surface area contributed by atoms with Gasteiger partial charge in [-0.2, -0.15) is 4.98 Å². The topological polar surface area (TPSA) is 114 Å². The van der Waals surface area contributed by atoms with Crippen molar-refractivity contribution in [1.29, 1.82) is 0 Å². The zero-order chi connectivity index (χ0) is 19.7. The number of aromatic amines is 2. The van der Waals surface area contributed by atoms with Gasteiger partial charge in [0, 0.05) is 15.7 Å². The van der Waals surface area contributed by atoms with Crippen LogP contribution in [0.3, 0.4) is 0 Å². The van der Waals surface area contributed by atoms with Crippen LogP contribution in [0.25, 0.3) is 11.2 Å². The van der Waals surface area contributed by atoms with Crippen LogP contribution >= 0.6 is 15.9 Å². The van der Waals surface area contributed by atoms with Crippen molar-refractivity contribution >= 4 is 33.0 Å². The predicted octanol–water partition coefficient (Wildman–Crippen LogP) is 2.58. The molecule has 0 bridgehead atoms. The van der Waals surface area contributed by atoms with E-state index in [1.165, 1.54) is 0 Å². The van der Waals surface area contributed by atoms with E-state index in [2.05, 4.69) is 46.2 Å². The van der Waals surface area contributed by atoms with E-state index in [1.807, 2.05) is 25.1 Å². The number of nitrogens with zero attached hydrogens (tertiary/aromatic N) is 4. The molecule has 0 unspecified atom stereocenters. The van der Waals surface area contributed by atoms with Gasteiger partial charge in [-0.3, -0.25) is 4.57 Å². The van der Waals surface area contributed by atoms with Crippen LogP contribution in [0.5, 0.6) is 5.75 Å². The summed E-state index contributed by atoms with van der Waals surface area (Å²) in [6.45, 7) is 2.74. The molecule has 0 radical (unpaired) electrons. The summed E-state index contributed by atoms with van der Waals surface area (Å²) in [7, 11) is 1.60. The van der Waals surface area contributed by atoms with Crippen molar-refractivity contribution in [3.05, 3.63) is 62.6 Å². The highest BCUT2D eigenvalue weighted by Gasteiger charge is 2.13. The van der Waals surface area contributed by atoms with Gasteiger partial charge in [-0.25, -0.2) is 14.8 Å². The minimum Gasteiger partial charge on any atom is -0.496 e. The van der Waals surface area contributed by atoms with Gasteiger partial charge < -0.3 is 20.0 Å². The van der Waals surface area contributed by atoms with Gasteiger partial charge in [0.25, 0.3) is 0 Å². The van der Waals surface area contributed by atoms with Gasteiger partial charge in [0.05, 0.1) is 38.4 Å². The molecule has 3 N–H and O–H groups in total. The molecule has 4 rings (SSSR count). The van der Waals surface area contributed by atoms with Crippen molar-refractivity contribution in [2.75, 3.05) is 12.4 Å². The van der Waals surface area contributed by atoms with Gasteiger partial charge in [-0.15, -0.1) is 0 Å². The van der Waals surface area contributed by atoms with Crippen LogP contribution in [0.2, 0.25) is 0 Å². The Morgan fingerprint density at radius 2 is 2.18 bits per heavy atom. The Balaban J connectivity index is 1.67. The molecule has 10 heteroatoms. The molecule has 0 fully saturated rings. The molecule has 4 aromatic rings. The van der Waals surface area contributed by atoms with E-state index in [0.29, 0.717) is 36.0 Å². The predicted molar refractivity (Wildman–Crippen MR) is 109 cm³/mol. The Morgan fingerprint density at radius 1 is 1.32 bits per heavy atom. The van der Waals surface area contributed by atoms with E-state index < -0.39 is 0 Å². The van der Waals surface area contributed by atoms with Gasteiger partial charge in [0.2, 0.25) is 5.95 Å². The second-order valence-electron chi connectivity index (χ2n) is 6.23. The monoisotopic (exact) mass is 443 g/mol. The molecule has 0 spiro atoms. The van der Waals surface area contributed by atoms with Crippen molar-refractivity contribution in [2.45, 2.75) is 20.0 Å². The maximum absolute atomic E-state index is 12.5. The smallest absolute Gasteiger partial charge is 0.328 e. The number of aromatic nitrogens is 6. The number of aryl methyl sites for hydroxylation is 1. The average Bonchev–Trinajstić information content (AvgIpc) is 3.23. The fraction of sp³-hybridized carbons (Fsp3) is 0.222. The molecule has 0 amide bonds. The maximum atomic E-state index is 12.5. The Labute approximate surface area is 168 Å². The summed E-state index contributed by atoms with van der Waals surface area (Å²) < 4.78 is 7.88. The van der Waals surface area contributed by atoms with Gasteiger partial charge in [-0.05, 0) is 25.1 Å². The highest BCUT2D eigenvalue weighted by molar-refractivity contribution is 9.10. The third-order valence-corrected chi connectivity index (χ3v) is 4.92. The summed E-state index contributed by atoms with van der Waals surface area (Å²) in [6, 6.07) is 5.67. The van der Waals surface area contributed by atoms with Crippen molar-refractivity contribution in [3.63, 3.8) is 0 Å². The normalized spacial score (nSPS) is 11.1. The van der Waals surface area contributed by atoms with Crippen LogP contribution in [-0.2, 0) is 13.1 Å². The van der Waals surface area contributed by atoms with E-state index in [4.69, 9.17) is 4.74 Å². The number of methoxy groups -OCH3 is 1.